The average Bonchev–Trinajstić information content (AvgIpc) is 2.48. The molecule has 1 amide bonds. The molecule has 0 aromatic heterocycles. The van der Waals surface area contributed by atoms with E-state index in [1.54, 1.807) is 0 Å². The van der Waals surface area contributed by atoms with Gasteiger partial charge in [-0.3, -0.25) is 14.9 Å². The van der Waals surface area contributed by atoms with Crippen molar-refractivity contribution in [3.63, 3.8) is 0 Å². The molecule has 0 radical (unpaired) electrons. The zero-order valence-corrected chi connectivity index (χ0v) is 10.9. The van der Waals surface area contributed by atoms with Crippen molar-refractivity contribution in [1.29, 1.82) is 5.26 Å². The Kier molecular flexibility index (Phi) is 4.12. The van der Waals surface area contributed by atoms with E-state index >= 15 is 0 Å². The van der Waals surface area contributed by atoms with Crippen LogP contribution in [0.3, 0.4) is 0 Å². The number of nitro benzene ring substituents is 1. The van der Waals surface area contributed by atoms with Gasteiger partial charge in [0.1, 0.15) is 11.9 Å². The largest absolute Gasteiger partial charge is 0.323 e. The van der Waals surface area contributed by atoms with E-state index in [4.69, 9.17) is 5.26 Å². The van der Waals surface area contributed by atoms with Crippen LogP contribution in [0.25, 0.3) is 0 Å². The normalized spacial score (nSPS) is 18.1. The molecule has 1 saturated heterocycles. The Hall–Kier alpha value is -2.56. The van der Waals surface area contributed by atoms with Crippen molar-refractivity contribution in [2.75, 3.05) is 6.54 Å². The highest BCUT2D eigenvalue weighted by Gasteiger charge is 2.32. The number of likely N-dealkylation sites (tertiary alicyclic amines) is 1. The molecule has 0 saturated carbocycles. The van der Waals surface area contributed by atoms with Gasteiger partial charge in [-0.15, -0.1) is 0 Å². The molecule has 21 heavy (non-hydrogen) atoms. The summed E-state index contributed by atoms with van der Waals surface area (Å²) in [5.74, 6) is -3.35. The number of rotatable bonds is 2. The lowest BCUT2D eigenvalue weighted by molar-refractivity contribution is -0.387. The number of carbonyl (C=O) groups excluding carboxylic acids is 1. The molecule has 1 aliphatic rings. The van der Waals surface area contributed by atoms with Crippen LogP contribution in [0.1, 0.15) is 29.6 Å². The number of benzene rings is 1. The van der Waals surface area contributed by atoms with E-state index in [1.165, 1.54) is 0 Å². The molecule has 6 nitrogen and oxygen atoms in total. The van der Waals surface area contributed by atoms with E-state index < -0.39 is 39.8 Å². The molecule has 1 atom stereocenters. The average molecular weight is 295 g/mol. The second kappa shape index (κ2) is 5.83. The van der Waals surface area contributed by atoms with Crippen LogP contribution in [0, 0.1) is 33.1 Å². The fraction of sp³-hybridized carbons (Fsp3) is 0.385. The first-order valence-corrected chi connectivity index (χ1v) is 6.29. The lowest BCUT2D eigenvalue weighted by Gasteiger charge is -2.31. The predicted molar refractivity (Wildman–Crippen MR) is 67.3 cm³/mol. The first-order valence-electron chi connectivity index (χ1n) is 6.29. The predicted octanol–water partition coefficient (Wildman–Crippen LogP) is 2.39. The number of hydrogen-bond acceptors (Lipinski definition) is 4. The lowest BCUT2D eigenvalue weighted by Crippen LogP contribution is -2.43. The van der Waals surface area contributed by atoms with Crippen LogP contribution >= 0.6 is 0 Å². The highest BCUT2D eigenvalue weighted by atomic mass is 19.1. The molecule has 0 spiro atoms. The molecule has 1 aromatic carbocycles. The van der Waals surface area contributed by atoms with Crippen LogP contribution in [-0.2, 0) is 0 Å². The second-order valence-corrected chi connectivity index (χ2v) is 4.68. The van der Waals surface area contributed by atoms with Gasteiger partial charge in [0, 0.05) is 6.54 Å². The Balaban J connectivity index is 2.44. The molecular formula is C13H11F2N3O3. The maximum absolute atomic E-state index is 14.0. The summed E-state index contributed by atoms with van der Waals surface area (Å²) in [5.41, 5.74) is -1.81. The van der Waals surface area contributed by atoms with Gasteiger partial charge in [0.2, 0.25) is 5.82 Å². The minimum atomic E-state index is -1.38. The van der Waals surface area contributed by atoms with Gasteiger partial charge in [-0.25, -0.2) is 4.39 Å². The summed E-state index contributed by atoms with van der Waals surface area (Å²) in [6, 6.07) is 2.24. The number of piperidine rings is 1. The van der Waals surface area contributed by atoms with E-state index in [2.05, 4.69) is 0 Å². The van der Waals surface area contributed by atoms with Crippen molar-refractivity contribution in [2.24, 2.45) is 0 Å². The summed E-state index contributed by atoms with van der Waals surface area (Å²) in [6.07, 6.45) is 1.85. The summed E-state index contributed by atoms with van der Waals surface area (Å²) in [6.45, 7) is 0.237. The van der Waals surface area contributed by atoms with E-state index in [0.717, 1.165) is 11.3 Å². The number of nitriles is 1. The molecule has 1 aromatic rings. The number of nitrogens with zero attached hydrogens (tertiary/aromatic N) is 3. The number of hydrogen-bond donors (Lipinski definition) is 0. The molecular weight excluding hydrogens is 284 g/mol. The number of amides is 1. The number of carbonyl (C=O) groups is 1. The molecule has 1 heterocycles. The van der Waals surface area contributed by atoms with E-state index in [9.17, 15) is 23.7 Å². The van der Waals surface area contributed by atoms with Crippen molar-refractivity contribution in [2.45, 2.75) is 25.3 Å². The monoisotopic (exact) mass is 295 g/mol. The van der Waals surface area contributed by atoms with Gasteiger partial charge in [0.15, 0.2) is 0 Å². The maximum atomic E-state index is 14.0. The van der Waals surface area contributed by atoms with Gasteiger partial charge in [-0.05, 0) is 25.3 Å². The zero-order chi connectivity index (χ0) is 15.6. The van der Waals surface area contributed by atoms with Crippen molar-refractivity contribution in [3.05, 3.63) is 39.4 Å². The van der Waals surface area contributed by atoms with Gasteiger partial charge in [-0.1, -0.05) is 0 Å². The standard InChI is InChI=1S/C13H11F2N3O3/c14-8-5-10(12(15)11(6-8)18(20)21)13(19)17-4-2-1-3-9(17)7-16/h5-6,9H,1-4H2. The molecule has 1 aliphatic heterocycles. The van der Waals surface area contributed by atoms with E-state index in [-0.39, 0.29) is 6.54 Å². The Morgan fingerprint density at radius 1 is 1.43 bits per heavy atom. The Labute approximate surface area is 118 Å². The van der Waals surface area contributed by atoms with Crippen molar-refractivity contribution in [3.8, 4) is 6.07 Å². The van der Waals surface area contributed by atoms with Crippen molar-refractivity contribution < 1.29 is 18.5 Å². The first-order chi connectivity index (χ1) is 9.95. The quantitative estimate of drug-likeness (QED) is 0.619. The molecule has 1 fully saturated rings. The van der Waals surface area contributed by atoms with Crippen LogP contribution in [0.2, 0.25) is 0 Å². The second-order valence-electron chi connectivity index (χ2n) is 4.68. The molecule has 0 N–H and O–H groups in total. The summed E-state index contributed by atoms with van der Waals surface area (Å²) in [4.78, 5) is 23.0. The number of nitro groups is 1. The summed E-state index contributed by atoms with van der Waals surface area (Å²) >= 11 is 0. The third-order valence-electron chi connectivity index (χ3n) is 3.36. The lowest BCUT2D eigenvalue weighted by atomic mass is 10.0. The molecule has 1 unspecified atom stereocenters. The van der Waals surface area contributed by atoms with Gasteiger partial charge < -0.3 is 4.90 Å². The molecule has 110 valence electrons. The van der Waals surface area contributed by atoms with E-state index in [1.807, 2.05) is 6.07 Å². The minimum Gasteiger partial charge on any atom is -0.323 e. The van der Waals surface area contributed by atoms with Gasteiger partial charge in [0.05, 0.1) is 22.6 Å². The van der Waals surface area contributed by atoms with Gasteiger partial charge in [-0.2, -0.15) is 9.65 Å². The minimum absolute atomic E-state index is 0.237. The van der Waals surface area contributed by atoms with Crippen molar-refractivity contribution in [1.82, 2.24) is 4.90 Å². The zero-order valence-electron chi connectivity index (χ0n) is 10.9. The third-order valence-corrected chi connectivity index (χ3v) is 3.36. The highest BCUT2D eigenvalue weighted by Crippen LogP contribution is 2.26. The fourth-order valence-electron chi connectivity index (χ4n) is 2.33. The van der Waals surface area contributed by atoms with Crippen LogP contribution in [0.15, 0.2) is 12.1 Å². The molecule has 0 bridgehead atoms. The van der Waals surface area contributed by atoms with Crippen LogP contribution in [-0.4, -0.2) is 28.3 Å². The van der Waals surface area contributed by atoms with Crippen LogP contribution < -0.4 is 0 Å². The van der Waals surface area contributed by atoms with Crippen LogP contribution in [0.5, 0.6) is 0 Å². The van der Waals surface area contributed by atoms with Gasteiger partial charge >= 0.3 is 5.69 Å². The number of halogens is 2. The fourth-order valence-corrected chi connectivity index (χ4v) is 2.33. The highest BCUT2D eigenvalue weighted by molar-refractivity contribution is 5.95. The third kappa shape index (κ3) is 2.81. The Bertz CT molecular complexity index is 642. The molecule has 8 heteroatoms. The Morgan fingerprint density at radius 2 is 2.14 bits per heavy atom. The smallest absolute Gasteiger partial charge is 0.308 e. The molecule has 2 rings (SSSR count). The molecule has 0 aliphatic carbocycles. The summed E-state index contributed by atoms with van der Waals surface area (Å²) in [7, 11) is 0. The summed E-state index contributed by atoms with van der Waals surface area (Å²) < 4.78 is 27.4. The van der Waals surface area contributed by atoms with Gasteiger partial charge in [0.25, 0.3) is 5.91 Å². The topological polar surface area (TPSA) is 87.2 Å². The SMILES string of the molecule is N#CC1CCCCN1C(=O)c1cc(F)cc([N+](=O)[O-])c1F. The Morgan fingerprint density at radius 3 is 2.76 bits per heavy atom. The van der Waals surface area contributed by atoms with E-state index in [0.29, 0.717) is 25.0 Å². The first kappa shape index (κ1) is 14.8. The summed E-state index contributed by atoms with van der Waals surface area (Å²) in [5, 5.41) is 19.7. The van der Waals surface area contributed by atoms with Crippen molar-refractivity contribution >= 4 is 11.6 Å². The maximum Gasteiger partial charge on any atom is 0.308 e. The van der Waals surface area contributed by atoms with Crippen LogP contribution in [0.4, 0.5) is 14.5 Å².